The molecule has 5 N–H and O–H groups in total. The molecule has 0 spiro atoms. The zero-order valence-corrected chi connectivity index (χ0v) is 6.24. The second kappa shape index (κ2) is 5.18. The topological polar surface area (TPSA) is 118 Å². The molecule has 0 aliphatic carbocycles. The van der Waals surface area contributed by atoms with E-state index in [-0.39, 0.29) is 6.29 Å². The van der Waals surface area contributed by atoms with Crippen LogP contribution in [0.4, 0.5) is 0 Å². The highest BCUT2D eigenvalue weighted by Gasteiger charge is 2.29. The third-order valence-electron chi connectivity index (χ3n) is 1.42. The van der Waals surface area contributed by atoms with Crippen molar-refractivity contribution >= 4 is 6.29 Å². The fourth-order valence-corrected chi connectivity index (χ4v) is 0.618. The second-order valence-corrected chi connectivity index (χ2v) is 2.36. The van der Waals surface area contributed by atoms with Crippen molar-refractivity contribution in [2.75, 3.05) is 6.61 Å². The SMILES string of the molecule is O=[14CH][14C@@H](O)[14C@H](O)[14C@@H](O)[14C@@H](O)[14CH2]O. The summed E-state index contributed by atoms with van der Waals surface area (Å²) in [6, 6.07) is 0. The van der Waals surface area contributed by atoms with Crippen molar-refractivity contribution in [2.45, 2.75) is 24.4 Å². The van der Waals surface area contributed by atoms with Crippen molar-refractivity contribution in [1.29, 1.82) is 0 Å². The van der Waals surface area contributed by atoms with Crippen molar-refractivity contribution in [2.24, 2.45) is 0 Å². The summed E-state index contributed by atoms with van der Waals surface area (Å²) in [7, 11) is 0. The van der Waals surface area contributed by atoms with Crippen molar-refractivity contribution in [1.82, 2.24) is 0 Å². The molecule has 0 bridgehead atoms. The second-order valence-electron chi connectivity index (χ2n) is 2.36. The molecule has 0 aromatic carbocycles. The lowest BCUT2D eigenvalue weighted by Crippen LogP contribution is -2.46. The van der Waals surface area contributed by atoms with Crippen LogP contribution < -0.4 is 0 Å². The molecule has 6 heteroatoms. The average molecular weight is 192 g/mol. The Morgan fingerprint density at radius 3 is 1.92 bits per heavy atom. The average Bonchev–Trinajstić information content (AvgIpc) is 2.12. The van der Waals surface area contributed by atoms with Gasteiger partial charge in [0.1, 0.15) is 24.4 Å². The Kier molecular flexibility index (Phi) is 4.95. The van der Waals surface area contributed by atoms with E-state index in [1.807, 2.05) is 0 Å². The Labute approximate surface area is 68.7 Å². The Balaban J connectivity index is 4.07. The van der Waals surface area contributed by atoms with E-state index in [2.05, 4.69) is 0 Å². The number of rotatable bonds is 5. The summed E-state index contributed by atoms with van der Waals surface area (Å²) >= 11 is 0. The number of aldehydes is 1. The number of hydrogen-bond acceptors (Lipinski definition) is 6. The predicted molar refractivity (Wildman–Crippen MR) is 37.2 cm³/mol. The standard InChI is InChI=1S/C6H12O6/c7-1-3(9)5(11)6(12)4(10)2-8/h1,3-6,8-12H,2H2/t3-,4+,5+,6+/m1/s1/i1+2,2+2,3+2,4+2,5+2,6+2. The van der Waals surface area contributed by atoms with E-state index in [1.165, 1.54) is 0 Å². The summed E-state index contributed by atoms with van der Waals surface area (Å²) in [6.07, 6.45) is -6.84. The van der Waals surface area contributed by atoms with Gasteiger partial charge in [0.05, 0.1) is 6.61 Å². The van der Waals surface area contributed by atoms with Crippen molar-refractivity contribution in [3.05, 3.63) is 0 Å². The molecule has 0 radical (unpaired) electrons. The molecule has 0 heterocycles. The lowest BCUT2D eigenvalue weighted by Gasteiger charge is -2.22. The van der Waals surface area contributed by atoms with Crippen LogP contribution in [0, 0.1) is 0 Å². The van der Waals surface area contributed by atoms with Gasteiger partial charge in [-0.05, 0) is 0 Å². The molecule has 72 valence electrons. The molecule has 0 saturated carbocycles. The van der Waals surface area contributed by atoms with Crippen LogP contribution in [0.1, 0.15) is 0 Å². The van der Waals surface area contributed by atoms with Gasteiger partial charge in [0.2, 0.25) is 0 Å². The number of carbonyl (C=O) groups is 1. The summed E-state index contributed by atoms with van der Waals surface area (Å²) in [5, 5.41) is 43.5. The molecule has 0 unspecified atom stereocenters. The molecule has 0 aliphatic heterocycles. The van der Waals surface area contributed by atoms with Gasteiger partial charge in [-0.3, -0.25) is 0 Å². The maximum atomic E-state index is 9.90. The molecule has 0 saturated heterocycles. The fraction of sp³-hybridized carbons (Fsp3) is 0.833. The third-order valence-corrected chi connectivity index (χ3v) is 1.42. The number of hydrogen-bond donors (Lipinski definition) is 5. The third kappa shape index (κ3) is 2.84. The van der Waals surface area contributed by atoms with Gasteiger partial charge in [-0.2, -0.15) is 0 Å². The Hall–Kier alpha value is -0.530. The predicted octanol–water partition coefficient (Wildman–Crippen LogP) is -3.38. The number of carbonyl (C=O) groups excluding carboxylic acids is 1. The first kappa shape index (κ1) is 11.5. The minimum atomic E-state index is -1.79. The van der Waals surface area contributed by atoms with Crippen LogP contribution in [0.15, 0.2) is 0 Å². The van der Waals surface area contributed by atoms with Gasteiger partial charge >= 0.3 is 0 Å². The van der Waals surface area contributed by atoms with Crippen LogP contribution in [-0.2, 0) is 4.79 Å². The Bertz CT molecular complexity index is 138. The van der Waals surface area contributed by atoms with Crippen LogP contribution in [0.3, 0.4) is 0 Å². The first-order valence-corrected chi connectivity index (χ1v) is 3.33. The highest BCUT2D eigenvalue weighted by Crippen LogP contribution is 2.02. The minimum Gasteiger partial charge on any atom is -0.394 e. The van der Waals surface area contributed by atoms with Gasteiger partial charge in [0, 0.05) is 0 Å². The van der Waals surface area contributed by atoms with Gasteiger partial charge in [-0.1, -0.05) is 0 Å². The Morgan fingerprint density at radius 2 is 1.58 bits per heavy atom. The molecule has 0 amide bonds. The van der Waals surface area contributed by atoms with Gasteiger partial charge < -0.3 is 30.3 Å². The van der Waals surface area contributed by atoms with E-state index in [4.69, 9.17) is 25.5 Å². The lowest BCUT2D eigenvalue weighted by molar-refractivity contribution is -0.136. The smallest absolute Gasteiger partial charge is 0.151 e. The monoisotopic (exact) mass is 192 g/mol. The van der Waals surface area contributed by atoms with Crippen molar-refractivity contribution < 1.29 is 30.3 Å². The van der Waals surface area contributed by atoms with E-state index in [1.54, 1.807) is 0 Å². The summed E-state index contributed by atoms with van der Waals surface area (Å²) in [5.74, 6) is 0. The molecular formula is C6H12O6. The Morgan fingerprint density at radius 1 is 1.08 bits per heavy atom. The summed E-state index contributed by atoms with van der Waals surface area (Å²) in [6.45, 7) is -0.760. The number of aliphatic hydroxyl groups excluding tert-OH is 5. The van der Waals surface area contributed by atoms with E-state index in [9.17, 15) is 4.79 Å². The van der Waals surface area contributed by atoms with Crippen LogP contribution in [0.5, 0.6) is 0 Å². The lowest BCUT2D eigenvalue weighted by atomic mass is 12.0. The highest BCUT2D eigenvalue weighted by atomic mass is 16.9. The number of aliphatic hydroxyl groups is 5. The van der Waals surface area contributed by atoms with E-state index in [0.717, 1.165) is 0 Å². The quantitative estimate of drug-likeness (QED) is 0.290. The van der Waals surface area contributed by atoms with Gasteiger partial charge in [0.25, 0.3) is 0 Å². The molecule has 4 atom stereocenters. The van der Waals surface area contributed by atoms with Gasteiger partial charge in [-0.15, -0.1) is 0 Å². The van der Waals surface area contributed by atoms with Crippen LogP contribution >= 0.6 is 0 Å². The molecule has 0 aliphatic rings. The molecule has 12 heavy (non-hydrogen) atoms. The molecule has 0 fully saturated rings. The first-order valence-electron chi connectivity index (χ1n) is 3.33. The van der Waals surface area contributed by atoms with Crippen molar-refractivity contribution in [3.8, 4) is 0 Å². The van der Waals surface area contributed by atoms with Crippen molar-refractivity contribution in [3.63, 3.8) is 0 Å². The molecule has 0 aromatic rings. The summed E-state index contributed by atoms with van der Waals surface area (Å²) in [4.78, 5) is 9.90. The van der Waals surface area contributed by atoms with Crippen LogP contribution in [-0.4, -0.2) is 62.8 Å². The largest absolute Gasteiger partial charge is 0.394 e. The highest BCUT2D eigenvalue weighted by molar-refractivity contribution is 5.56. The van der Waals surface area contributed by atoms with Gasteiger partial charge in [-0.25, -0.2) is 0 Å². The molecular weight excluding hydrogens is 180 g/mol. The van der Waals surface area contributed by atoms with Crippen LogP contribution in [0.25, 0.3) is 0 Å². The summed E-state index contributed by atoms with van der Waals surface area (Å²) < 4.78 is 0. The van der Waals surface area contributed by atoms with Crippen LogP contribution in [0.2, 0.25) is 0 Å². The zero-order valence-electron chi connectivity index (χ0n) is 6.24. The van der Waals surface area contributed by atoms with E-state index < -0.39 is 31.0 Å². The van der Waals surface area contributed by atoms with E-state index >= 15 is 0 Å². The molecule has 0 rings (SSSR count). The first-order chi connectivity index (χ1) is 5.54. The minimum absolute atomic E-state index is 0.0258. The maximum absolute atomic E-state index is 9.90. The molecule has 6 nitrogen and oxygen atoms in total. The summed E-state index contributed by atoms with van der Waals surface area (Å²) in [5.41, 5.74) is 0. The van der Waals surface area contributed by atoms with Gasteiger partial charge in [0.15, 0.2) is 6.29 Å². The maximum Gasteiger partial charge on any atom is 0.151 e. The van der Waals surface area contributed by atoms with E-state index in [0.29, 0.717) is 0 Å². The zero-order chi connectivity index (χ0) is 9.72. The fourth-order valence-electron chi connectivity index (χ4n) is 0.618. The normalized spacial score (nSPS) is 21.1. The molecule has 0 aromatic heterocycles.